The average molecular weight is 384 g/mol. The van der Waals surface area contributed by atoms with Crippen molar-refractivity contribution in [2.75, 3.05) is 47.5 Å². The van der Waals surface area contributed by atoms with Gasteiger partial charge in [-0.2, -0.15) is 0 Å². The van der Waals surface area contributed by atoms with Crippen LogP contribution in [0.15, 0.2) is 36.4 Å². The molecule has 1 aliphatic rings. The summed E-state index contributed by atoms with van der Waals surface area (Å²) in [5.74, 6) is 2.16. The van der Waals surface area contributed by atoms with Crippen LogP contribution in [0.2, 0.25) is 0 Å². The molecule has 1 heterocycles. The predicted molar refractivity (Wildman–Crippen MR) is 108 cm³/mol. The van der Waals surface area contributed by atoms with Crippen molar-refractivity contribution in [2.45, 2.75) is 13.5 Å². The van der Waals surface area contributed by atoms with E-state index in [1.165, 1.54) is 5.56 Å². The topological polar surface area (TPSA) is 51.2 Å². The lowest BCUT2D eigenvalue weighted by Gasteiger charge is -2.35. The van der Waals surface area contributed by atoms with Crippen LogP contribution in [0.1, 0.15) is 21.5 Å². The first-order valence-electron chi connectivity index (χ1n) is 9.42. The van der Waals surface area contributed by atoms with Gasteiger partial charge in [0.25, 0.3) is 5.91 Å². The Kier molecular flexibility index (Phi) is 6.41. The number of carbonyl (C=O) groups excluding carboxylic acids is 1. The number of hydrogen-bond donors (Lipinski definition) is 0. The molecule has 0 atom stereocenters. The third-order valence-electron chi connectivity index (χ3n) is 5.12. The van der Waals surface area contributed by atoms with Crippen LogP contribution in [-0.2, 0) is 6.54 Å². The van der Waals surface area contributed by atoms with Crippen molar-refractivity contribution >= 4 is 5.91 Å². The molecule has 0 radical (unpaired) electrons. The maximum Gasteiger partial charge on any atom is 0.254 e. The summed E-state index contributed by atoms with van der Waals surface area (Å²) in [5, 5.41) is 0. The molecule has 1 fully saturated rings. The van der Waals surface area contributed by atoms with Gasteiger partial charge in [-0.25, -0.2) is 0 Å². The molecule has 28 heavy (non-hydrogen) atoms. The van der Waals surface area contributed by atoms with Crippen molar-refractivity contribution in [2.24, 2.45) is 0 Å². The lowest BCUT2D eigenvalue weighted by molar-refractivity contribution is 0.0627. The zero-order chi connectivity index (χ0) is 20.1. The van der Waals surface area contributed by atoms with E-state index in [0.717, 1.165) is 30.9 Å². The third kappa shape index (κ3) is 4.57. The smallest absolute Gasteiger partial charge is 0.254 e. The summed E-state index contributed by atoms with van der Waals surface area (Å²) in [7, 11) is 4.86. The molecule has 0 aliphatic carbocycles. The average Bonchev–Trinajstić information content (AvgIpc) is 2.73. The van der Waals surface area contributed by atoms with E-state index < -0.39 is 0 Å². The third-order valence-corrected chi connectivity index (χ3v) is 5.12. The molecule has 0 unspecified atom stereocenters. The first kappa shape index (κ1) is 20.0. The van der Waals surface area contributed by atoms with E-state index in [0.29, 0.717) is 30.2 Å². The Balaban J connectivity index is 1.60. The molecule has 6 nitrogen and oxygen atoms in total. The van der Waals surface area contributed by atoms with E-state index in [1.54, 1.807) is 39.5 Å². The minimum absolute atomic E-state index is 0.0112. The van der Waals surface area contributed by atoms with Crippen LogP contribution < -0.4 is 14.2 Å². The fourth-order valence-corrected chi connectivity index (χ4v) is 3.52. The Hall–Kier alpha value is -2.73. The molecule has 0 aromatic heterocycles. The van der Waals surface area contributed by atoms with Crippen LogP contribution in [0.3, 0.4) is 0 Å². The number of carbonyl (C=O) groups is 1. The Morgan fingerprint density at radius 3 is 2.07 bits per heavy atom. The molecule has 2 aromatic rings. The lowest BCUT2D eigenvalue weighted by atomic mass is 10.1. The van der Waals surface area contributed by atoms with Crippen molar-refractivity contribution in [3.63, 3.8) is 0 Å². The van der Waals surface area contributed by atoms with Crippen LogP contribution in [0.5, 0.6) is 17.2 Å². The van der Waals surface area contributed by atoms with Gasteiger partial charge in [0, 0.05) is 44.4 Å². The summed E-state index contributed by atoms with van der Waals surface area (Å²) in [6, 6.07) is 11.6. The van der Waals surface area contributed by atoms with Gasteiger partial charge in [-0.05, 0) is 36.2 Å². The Morgan fingerprint density at radius 1 is 0.893 bits per heavy atom. The minimum atomic E-state index is 0.0112. The molecule has 0 N–H and O–H groups in total. The van der Waals surface area contributed by atoms with Crippen molar-refractivity contribution < 1.29 is 19.0 Å². The van der Waals surface area contributed by atoms with E-state index in [-0.39, 0.29) is 5.91 Å². The van der Waals surface area contributed by atoms with Crippen LogP contribution >= 0.6 is 0 Å². The maximum absolute atomic E-state index is 12.9. The highest BCUT2D eigenvalue weighted by molar-refractivity contribution is 5.95. The Bertz CT molecular complexity index is 807. The number of ether oxygens (including phenoxy) is 3. The molecule has 1 amide bonds. The standard InChI is InChI=1S/C22H28N2O4/c1-16-11-17(5-6-21(16)28-4)15-23-7-9-24(10-8-23)22(25)18-12-19(26-2)14-20(13-18)27-3/h5-6,11-14H,7-10,15H2,1-4H3. The molecule has 3 rings (SSSR count). The minimum Gasteiger partial charge on any atom is -0.497 e. The zero-order valence-electron chi connectivity index (χ0n) is 17.0. The largest absolute Gasteiger partial charge is 0.497 e. The fraction of sp³-hybridized carbons (Fsp3) is 0.409. The van der Waals surface area contributed by atoms with Gasteiger partial charge in [-0.3, -0.25) is 9.69 Å². The summed E-state index contributed by atoms with van der Waals surface area (Å²) in [5.41, 5.74) is 2.99. The van der Waals surface area contributed by atoms with Gasteiger partial charge >= 0.3 is 0 Å². The highest BCUT2D eigenvalue weighted by Gasteiger charge is 2.23. The summed E-state index contributed by atoms with van der Waals surface area (Å²) in [6.45, 7) is 6.03. The second-order valence-corrected chi connectivity index (χ2v) is 6.97. The predicted octanol–water partition coefficient (Wildman–Crippen LogP) is 2.98. The number of hydrogen-bond acceptors (Lipinski definition) is 5. The number of amides is 1. The molecule has 0 spiro atoms. The maximum atomic E-state index is 12.9. The molecule has 2 aromatic carbocycles. The van der Waals surface area contributed by atoms with Gasteiger partial charge in [0.05, 0.1) is 21.3 Å². The first-order chi connectivity index (χ1) is 13.5. The Morgan fingerprint density at radius 2 is 1.54 bits per heavy atom. The van der Waals surface area contributed by atoms with Crippen LogP contribution in [0, 0.1) is 6.92 Å². The molecular formula is C22H28N2O4. The molecule has 150 valence electrons. The van der Waals surface area contributed by atoms with Crippen molar-refractivity contribution in [1.29, 1.82) is 0 Å². The van der Waals surface area contributed by atoms with Crippen molar-refractivity contribution in [1.82, 2.24) is 9.80 Å². The SMILES string of the molecule is COc1cc(OC)cc(C(=O)N2CCN(Cc3ccc(OC)c(C)c3)CC2)c1. The summed E-state index contributed by atoms with van der Waals surface area (Å²) in [4.78, 5) is 17.2. The van der Waals surface area contributed by atoms with Gasteiger partial charge in [-0.15, -0.1) is 0 Å². The number of aryl methyl sites for hydroxylation is 1. The van der Waals surface area contributed by atoms with Crippen LogP contribution in [-0.4, -0.2) is 63.2 Å². The Labute approximate surface area is 166 Å². The van der Waals surface area contributed by atoms with E-state index in [4.69, 9.17) is 14.2 Å². The number of rotatable bonds is 6. The van der Waals surface area contributed by atoms with Gasteiger partial charge in [0.1, 0.15) is 17.2 Å². The van der Waals surface area contributed by atoms with Crippen LogP contribution in [0.4, 0.5) is 0 Å². The van der Waals surface area contributed by atoms with E-state index >= 15 is 0 Å². The molecule has 0 saturated carbocycles. The van der Waals surface area contributed by atoms with Gasteiger partial charge in [0.2, 0.25) is 0 Å². The molecule has 1 saturated heterocycles. The summed E-state index contributed by atoms with van der Waals surface area (Å²) in [6.07, 6.45) is 0. The highest BCUT2D eigenvalue weighted by Crippen LogP contribution is 2.24. The number of benzene rings is 2. The normalized spacial score (nSPS) is 14.6. The monoisotopic (exact) mass is 384 g/mol. The molecule has 0 bridgehead atoms. The van der Waals surface area contributed by atoms with Gasteiger partial charge < -0.3 is 19.1 Å². The number of piperazine rings is 1. The van der Waals surface area contributed by atoms with Gasteiger partial charge in [-0.1, -0.05) is 12.1 Å². The van der Waals surface area contributed by atoms with E-state index in [9.17, 15) is 4.79 Å². The highest BCUT2D eigenvalue weighted by atomic mass is 16.5. The summed E-state index contributed by atoms with van der Waals surface area (Å²) >= 11 is 0. The lowest BCUT2D eigenvalue weighted by Crippen LogP contribution is -2.48. The van der Waals surface area contributed by atoms with Crippen LogP contribution in [0.25, 0.3) is 0 Å². The second kappa shape index (κ2) is 8.97. The van der Waals surface area contributed by atoms with E-state index in [2.05, 4.69) is 24.0 Å². The second-order valence-electron chi connectivity index (χ2n) is 6.97. The van der Waals surface area contributed by atoms with E-state index in [1.807, 2.05) is 11.0 Å². The van der Waals surface area contributed by atoms with Crippen molar-refractivity contribution in [3.05, 3.63) is 53.1 Å². The fourth-order valence-electron chi connectivity index (χ4n) is 3.52. The molecular weight excluding hydrogens is 356 g/mol. The molecule has 1 aliphatic heterocycles. The number of nitrogens with zero attached hydrogens (tertiary/aromatic N) is 2. The first-order valence-corrected chi connectivity index (χ1v) is 9.42. The zero-order valence-corrected chi connectivity index (χ0v) is 17.0. The number of methoxy groups -OCH3 is 3. The molecule has 6 heteroatoms. The summed E-state index contributed by atoms with van der Waals surface area (Å²) < 4.78 is 15.9. The quantitative estimate of drug-likeness (QED) is 0.766. The van der Waals surface area contributed by atoms with Gasteiger partial charge in [0.15, 0.2) is 0 Å². The van der Waals surface area contributed by atoms with Crippen molar-refractivity contribution in [3.8, 4) is 17.2 Å².